The Bertz CT molecular complexity index is 307. The second-order valence-electron chi connectivity index (χ2n) is 4.28. The summed E-state index contributed by atoms with van der Waals surface area (Å²) in [6, 6.07) is -0.690. The average molecular weight is 261 g/mol. The van der Waals surface area contributed by atoms with E-state index >= 15 is 0 Å². The predicted octanol–water partition coefficient (Wildman–Crippen LogP) is -0.223. The van der Waals surface area contributed by atoms with E-state index in [1.165, 1.54) is 0 Å². The third-order valence-corrected chi connectivity index (χ3v) is 2.43. The van der Waals surface area contributed by atoms with Gasteiger partial charge in [0.25, 0.3) is 0 Å². The van der Waals surface area contributed by atoms with Crippen LogP contribution in [0.5, 0.6) is 0 Å². The standard InChI is InChI=1S/C6H13NO2.C4H6N2OS/c1-4(2)3-5(7)6(8)9;1-6-2-3(7)5-4(6)8/h4-5H,3,7H2,1-2H3,(H,8,9);2H2,1H3,(H,5,7,8). The molecule has 1 atom stereocenters. The van der Waals surface area contributed by atoms with E-state index in [2.05, 4.69) is 5.32 Å². The van der Waals surface area contributed by atoms with Crippen LogP contribution in [-0.2, 0) is 9.59 Å². The zero-order valence-electron chi connectivity index (χ0n) is 10.3. The first-order valence-corrected chi connectivity index (χ1v) is 5.68. The first-order chi connectivity index (χ1) is 7.73. The molecule has 1 rings (SSSR count). The van der Waals surface area contributed by atoms with Crippen molar-refractivity contribution >= 4 is 29.2 Å². The maximum absolute atomic E-state index is 10.4. The minimum absolute atomic E-state index is 0.0162. The Morgan fingerprint density at radius 1 is 1.65 bits per heavy atom. The Kier molecular flexibility index (Phi) is 6.67. The number of amides is 1. The van der Waals surface area contributed by atoms with Gasteiger partial charge in [0, 0.05) is 7.05 Å². The zero-order chi connectivity index (χ0) is 13.6. The van der Waals surface area contributed by atoms with Gasteiger partial charge in [0.15, 0.2) is 5.11 Å². The smallest absolute Gasteiger partial charge is 0.320 e. The fraction of sp³-hybridized carbons (Fsp3) is 0.700. The van der Waals surface area contributed by atoms with Crippen molar-refractivity contribution in [3.8, 4) is 0 Å². The molecule has 0 radical (unpaired) electrons. The fourth-order valence-corrected chi connectivity index (χ4v) is 1.33. The van der Waals surface area contributed by atoms with Gasteiger partial charge in [-0.3, -0.25) is 9.59 Å². The Balaban J connectivity index is 0.000000302. The lowest BCUT2D eigenvalue weighted by molar-refractivity contribution is -0.138. The van der Waals surface area contributed by atoms with Crippen LogP contribution in [-0.4, -0.2) is 46.6 Å². The summed E-state index contributed by atoms with van der Waals surface area (Å²) in [6.45, 7) is 4.30. The van der Waals surface area contributed by atoms with Gasteiger partial charge in [0.05, 0.1) is 6.54 Å². The van der Waals surface area contributed by atoms with E-state index in [-0.39, 0.29) is 5.91 Å². The summed E-state index contributed by atoms with van der Waals surface area (Å²) in [7, 11) is 1.78. The summed E-state index contributed by atoms with van der Waals surface area (Å²) >= 11 is 4.71. The molecule has 1 aliphatic heterocycles. The minimum Gasteiger partial charge on any atom is -0.480 e. The van der Waals surface area contributed by atoms with Crippen LogP contribution in [0.1, 0.15) is 20.3 Å². The molecule has 0 aliphatic carbocycles. The van der Waals surface area contributed by atoms with Crippen molar-refractivity contribution in [3.63, 3.8) is 0 Å². The second kappa shape index (κ2) is 7.18. The largest absolute Gasteiger partial charge is 0.480 e. The Hall–Kier alpha value is -1.21. The van der Waals surface area contributed by atoms with Crippen molar-refractivity contribution in [2.45, 2.75) is 26.3 Å². The number of likely N-dealkylation sites (N-methyl/N-ethyl adjacent to an activating group) is 1. The van der Waals surface area contributed by atoms with Gasteiger partial charge in [-0.15, -0.1) is 0 Å². The number of carbonyl (C=O) groups is 2. The molecule has 6 nitrogen and oxygen atoms in total. The van der Waals surface area contributed by atoms with Gasteiger partial charge in [0.1, 0.15) is 6.04 Å². The van der Waals surface area contributed by atoms with E-state index in [0.29, 0.717) is 24.0 Å². The molecule has 0 aromatic carbocycles. The topological polar surface area (TPSA) is 95.7 Å². The molecule has 7 heteroatoms. The quantitative estimate of drug-likeness (QED) is 0.608. The number of hydrogen-bond donors (Lipinski definition) is 3. The lowest BCUT2D eigenvalue weighted by Crippen LogP contribution is -2.31. The Morgan fingerprint density at radius 3 is 2.29 bits per heavy atom. The SMILES string of the molecule is CC(C)CC(N)C(=O)O.CN1CC(=O)NC1=S. The minimum atomic E-state index is -0.913. The maximum Gasteiger partial charge on any atom is 0.320 e. The molecule has 0 aromatic heterocycles. The van der Waals surface area contributed by atoms with Gasteiger partial charge in [0.2, 0.25) is 5.91 Å². The summed E-state index contributed by atoms with van der Waals surface area (Å²) < 4.78 is 0. The van der Waals surface area contributed by atoms with Crippen LogP contribution in [0.3, 0.4) is 0 Å². The normalized spacial score (nSPS) is 16.4. The molecule has 0 saturated carbocycles. The van der Waals surface area contributed by atoms with Crippen LogP contribution in [0.15, 0.2) is 0 Å². The van der Waals surface area contributed by atoms with Gasteiger partial charge < -0.3 is 21.1 Å². The molecule has 1 heterocycles. The third kappa shape index (κ3) is 6.85. The van der Waals surface area contributed by atoms with Crippen molar-refractivity contribution in [3.05, 3.63) is 0 Å². The number of thiocarbonyl (C=S) groups is 1. The molecule has 1 aliphatic rings. The van der Waals surface area contributed by atoms with Gasteiger partial charge in [-0.1, -0.05) is 13.8 Å². The molecule has 1 amide bonds. The number of nitrogens with one attached hydrogen (secondary N) is 1. The molecule has 0 aromatic rings. The van der Waals surface area contributed by atoms with Gasteiger partial charge >= 0.3 is 5.97 Å². The molecule has 1 unspecified atom stereocenters. The second-order valence-corrected chi connectivity index (χ2v) is 4.67. The Labute approximate surface area is 106 Å². The van der Waals surface area contributed by atoms with Crippen LogP contribution in [0.25, 0.3) is 0 Å². The summed E-state index contributed by atoms with van der Waals surface area (Å²) in [6.07, 6.45) is 0.551. The van der Waals surface area contributed by atoms with Crippen molar-refractivity contribution in [1.82, 2.24) is 10.2 Å². The van der Waals surface area contributed by atoms with Crippen LogP contribution in [0, 0.1) is 5.92 Å². The lowest BCUT2D eigenvalue weighted by atomic mass is 10.1. The fourth-order valence-electron chi connectivity index (χ4n) is 1.15. The summed E-state index contributed by atoms with van der Waals surface area (Å²) in [5.41, 5.74) is 5.22. The summed E-state index contributed by atoms with van der Waals surface area (Å²) in [5.74, 6) is -0.572. The number of carboxylic acids is 1. The van der Waals surface area contributed by atoms with Gasteiger partial charge in [-0.25, -0.2) is 0 Å². The number of nitrogens with zero attached hydrogens (tertiary/aromatic N) is 1. The van der Waals surface area contributed by atoms with Crippen LogP contribution >= 0.6 is 12.2 Å². The molecule has 98 valence electrons. The van der Waals surface area contributed by atoms with E-state index in [1.54, 1.807) is 11.9 Å². The number of carbonyl (C=O) groups excluding carboxylic acids is 1. The predicted molar refractivity (Wildman–Crippen MR) is 68.4 cm³/mol. The molecule has 4 N–H and O–H groups in total. The third-order valence-electron chi connectivity index (χ3n) is 2.02. The number of nitrogens with two attached hydrogens (primary N) is 1. The van der Waals surface area contributed by atoms with Crippen molar-refractivity contribution in [1.29, 1.82) is 0 Å². The molecule has 17 heavy (non-hydrogen) atoms. The molecule has 0 bridgehead atoms. The molecular formula is C10H19N3O3S. The maximum atomic E-state index is 10.4. The summed E-state index contributed by atoms with van der Waals surface area (Å²) in [5, 5.41) is 11.3. The van der Waals surface area contributed by atoms with E-state index < -0.39 is 12.0 Å². The monoisotopic (exact) mass is 261 g/mol. The zero-order valence-corrected chi connectivity index (χ0v) is 11.1. The van der Waals surface area contributed by atoms with Crippen molar-refractivity contribution in [2.24, 2.45) is 11.7 Å². The highest BCUT2D eigenvalue weighted by Gasteiger charge is 2.18. The highest BCUT2D eigenvalue weighted by molar-refractivity contribution is 7.80. The number of aliphatic carboxylic acids is 1. The number of carboxylic acid groups (broad SMARTS) is 1. The number of rotatable bonds is 3. The highest BCUT2D eigenvalue weighted by atomic mass is 32.1. The molecule has 1 fully saturated rings. The molecule has 1 saturated heterocycles. The summed E-state index contributed by atoms with van der Waals surface area (Å²) in [4.78, 5) is 22.2. The van der Waals surface area contributed by atoms with E-state index in [4.69, 9.17) is 23.1 Å². The van der Waals surface area contributed by atoms with Crippen molar-refractivity contribution < 1.29 is 14.7 Å². The first-order valence-electron chi connectivity index (χ1n) is 5.27. The molecular weight excluding hydrogens is 242 g/mol. The first kappa shape index (κ1) is 15.8. The van der Waals surface area contributed by atoms with Gasteiger partial charge in [-0.05, 0) is 24.6 Å². The van der Waals surface area contributed by atoms with Crippen LogP contribution in [0.4, 0.5) is 0 Å². The van der Waals surface area contributed by atoms with Crippen LogP contribution in [0.2, 0.25) is 0 Å². The van der Waals surface area contributed by atoms with Crippen molar-refractivity contribution in [2.75, 3.05) is 13.6 Å². The average Bonchev–Trinajstić information content (AvgIpc) is 2.43. The van der Waals surface area contributed by atoms with E-state index in [0.717, 1.165) is 0 Å². The van der Waals surface area contributed by atoms with Gasteiger partial charge in [-0.2, -0.15) is 0 Å². The van der Waals surface area contributed by atoms with E-state index in [9.17, 15) is 9.59 Å². The van der Waals surface area contributed by atoms with E-state index in [1.807, 2.05) is 13.8 Å². The Morgan fingerprint density at radius 2 is 2.18 bits per heavy atom. The molecule has 0 spiro atoms. The number of hydrogen-bond acceptors (Lipinski definition) is 4. The van der Waals surface area contributed by atoms with Crippen LogP contribution < -0.4 is 11.1 Å². The lowest BCUT2D eigenvalue weighted by Gasteiger charge is -2.07. The highest BCUT2D eigenvalue weighted by Crippen LogP contribution is 2.01.